The topological polar surface area (TPSA) is 122 Å². The van der Waals surface area contributed by atoms with Crippen molar-refractivity contribution in [3.8, 4) is 0 Å². The Bertz CT molecular complexity index is 1450. The summed E-state index contributed by atoms with van der Waals surface area (Å²) in [5.41, 5.74) is 3.12. The lowest BCUT2D eigenvalue weighted by atomic mass is 9.83. The van der Waals surface area contributed by atoms with Gasteiger partial charge in [0.25, 0.3) is 0 Å². The molecule has 208 valence electrons. The molecule has 2 aromatic carbocycles. The van der Waals surface area contributed by atoms with Gasteiger partial charge in [0.05, 0.1) is 17.9 Å². The molecule has 1 aromatic heterocycles. The maximum atomic E-state index is 13.2. The molecular formula is C30H30N2O6S2. The van der Waals surface area contributed by atoms with Crippen LogP contribution in [0.1, 0.15) is 52.5 Å². The van der Waals surface area contributed by atoms with Gasteiger partial charge in [-0.3, -0.25) is 9.59 Å². The molecule has 2 unspecified atom stereocenters. The minimum Gasteiger partial charge on any atom is -0.478 e. The Kier molecular flexibility index (Phi) is 9.44. The Balaban J connectivity index is 1.42. The first-order valence-corrected chi connectivity index (χ1v) is 14.4. The van der Waals surface area contributed by atoms with Gasteiger partial charge < -0.3 is 20.5 Å². The average molecular weight is 579 g/mol. The maximum absolute atomic E-state index is 13.2. The maximum Gasteiger partial charge on any atom is 0.341 e. The molecule has 2 amide bonds. The second kappa shape index (κ2) is 13.0. The van der Waals surface area contributed by atoms with Gasteiger partial charge >= 0.3 is 11.9 Å². The van der Waals surface area contributed by atoms with Crippen molar-refractivity contribution in [2.45, 2.75) is 49.2 Å². The first kappa shape index (κ1) is 29.1. The van der Waals surface area contributed by atoms with E-state index in [-0.39, 0.29) is 11.5 Å². The zero-order valence-corrected chi connectivity index (χ0v) is 24.0. The largest absolute Gasteiger partial charge is 0.478 e. The number of carboxylic acid groups (broad SMARTS) is 1. The molecule has 40 heavy (non-hydrogen) atoms. The highest BCUT2D eigenvalue weighted by atomic mass is 32.2. The van der Waals surface area contributed by atoms with Crippen LogP contribution in [0, 0.1) is 0 Å². The molecule has 3 N–H and O–H groups in total. The summed E-state index contributed by atoms with van der Waals surface area (Å²) in [5.74, 6) is -2.02. The van der Waals surface area contributed by atoms with Gasteiger partial charge in [0.15, 0.2) is 0 Å². The normalized spacial score (nSPS) is 15.5. The number of thioether (sulfide) groups is 1. The molecule has 10 heteroatoms. The molecule has 0 saturated carbocycles. The number of nitrogens with one attached hydrogen (secondary N) is 2. The molecule has 1 aliphatic rings. The van der Waals surface area contributed by atoms with Crippen LogP contribution in [0.2, 0.25) is 0 Å². The van der Waals surface area contributed by atoms with Crippen molar-refractivity contribution in [1.82, 2.24) is 0 Å². The van der Waals surface area contributed by atoms with Gasteiger partial charge in [0.2, 0.25) is 11.8 Å². The van der Waals surface area contributed by atoms with Crippen LogP contribution in [0.3, 0.4) is 0 Å². The number of anilines is 2. The number of carbonyl (C=O) groups excluding carboxylic acids is 3. The van der Waals surface area contributed by atoms with E-state index < -0.39 is 23.1 Å². The van der Waals surface area contributed by atoms with Crippen molar-refractivity contribution < 1.29 is 29.0 Å². The minimum atomic E-state index is -1.16. The third-order valence-electron chi connectivity index (χ3n) is 6.65. The number of ether oxygens (including phenoxy) is 1. The number of esters is 1. The number of carbonyl (C=O) groups is 4. The molecule has 0 radical (unpaired) electrons. The summed E-state index contributed by atoms with van der Waals surface area (Å²) < 4.78 is 5.07. The number of aliphatic carboxylic acids is 1. The predicted molar refractivity (Wildman–Crippen MR) is 157 cm³/mol. The molecule has 2 atom stereocenters. The highest BCUT2D eigenvalue weighted by Crippen LogP contribution is 2.43. The van der Waals surface area contributed by atoms with Crippen LogP contribution in [-0.2, 0) is 32.0 Å². The van der Waals surface area contributed by atoms with E-state index >= 15 is 0 Å². The molecule has 0 bridgehead atoms. The number of benzene rings is 2. The molecule has 0 spiro atoms. The standard InChI is InChI=1S/C30H30N2O6S2/c1-17(29(35)36)15-25(33)31-21-10-12-22(13-11-21)39-18(2)27(34)32-28-26(30(37)38-3)23-14-9-20(16-24(23)40-28)19-7-5-4-6-8-19/h4-8,10-13,15,18,20H,9,14,16H2,1-3H3,(H,31,33)(H,32,34)(H,35,36). The zero-order valence-electron chi connectivity index (χ0n) is 22.4. The minimum absolute atomic E-state index is 0.0672. The number of methoxy groups -OCH3 is 1. The van der Waals surface area contributed by atoms with Gasteiger partial charge in [0, 0.05) is 27.1 Å². The van der Waals surface area contributed by atoms with Gasteiger partial charge in [-0.05, 0) is 74.4 Å². The fraction of sp³-hybridized carbons (Fsp3) is 0.267. The molecule has 0 saturated heterocycles. The lowest BCUT2D eigenvalue weighted by molar-refractivity contribution is -0.132. The molecule has 0 fully saturated rings. The number of hydrogen-bond acceptors (Lipinski definition) is 7. The van der Waals surface area contributed by atoms with E-state index in [1.165, 1.54) is 42.7 Å². The summed E-state index contributed by atoms with van der Waals surface area (Å²) in [7, 11) is 1.35. The van der Waals surface area contributed by atoms with E-state index in [0.29, 0.717) is 22.2 Å². The molecule has 1 aliphatic carbocycles. The van der Waals surface area contributed by atoms with Crippen molar-refractivity contribution in [2.75, 3.05) is 17.7 Å². The Morgan fingerprint density at radius 3 is 2.42 bits per heavy atom. The number of hydrogen-bond donors (Lipinski definition) is 3. The van der Waals surface area contributed by atoms with E-state index in [2.05, 4.69) is 22.8 Å². The van der Waals surface area contributed by atoms with Gasteiger partial charge in [-0.1, -0.05) is 30.3 Å². The van der Waals surface area contributed by atoms with Gasteiger partial charge in [-0.15, -0.1) is 23.1 Å². The van der Waals surface area contributed by atoms with E-state index in [1.807, 2.05) is 18.2 Å². The van der Waals surface area contributed by atoms with E-state index in [9.17, 15) is 19.2 Å². The Hall–Kier alpha value is -3.89. The van der Waals surface area contributed by atoms with E-state index in [4.69, 9.17) is 9.84 Å². The summed E-state index contributed by atoms with van der Waals surface area (Å²) in [6.07, 6.45) is 3.49. The monoisotopic (exact) mass is 578 g/mol. The highest BCUT2D eigenvalue weighted by Gasteiger charge is 2.31. The lowest BCUT2D eigenvalue weighted by Gasteiger charge is -2.22. The molecule has 4 rings (SSSR count). The van der Waals surface area contributed by atoms with Crippen LogP contribution in [0.15, 0.2) is 71.1 Å². The average Bonchev–Trinajstić information content (AvgIpc) is 3.30. The van der Waals surface area contributed by atoms with Crippen molar-refractivity contribution in [3.63, 3.8) is 0 Å². The van der Waals surface area contributed by atoms with Crippen LogP contribution < -0.4 is 10.6 Å². The van der Waals surface area contributed by atoms with Gasteiger partial charge in [-0.25, -0.2) is 9.59 Å². The van der Waals surface area contributed by atoms with E-state index in [1.54, 1.807) is 31.2 Å². The first-order chi connectivity index (χ1) is 19.2. The summed E-state index contributed by atoms with van der Waals surface area (Å²) in [5, 5.41) is 14.5. The molecule has 0 aliphatic heterocycles. The Labute approximate surface area is 240 Å². The summed E-state index contributed by atoms with van der Waals surface area (Å²) in [6, 6.07) is 17.2. The smallest absolute Gasteiger partial charge is 0.341 e. The second-order valence-corrected chi connectivity index (χ2v) is 12.0. The summed E-state index contributed by atoms with van der Waals surface area (Å²) in [6.45, 7) is 3.13. The predicted octanol–water partition coefficient (Wildman–Crippen LogP) is 5.90. The summed E-state index contributed by atoms with van der Waals surface area (Å²) in [4.78, 5) is 50.7. The highest BCUT2D eigenvalue weighted by molar-refractivity contribution is 8.00. The van der Waals surface area contributed by atoms with Crippen molar-refractivity contribution >= 4 is 57.5 Å². The van der Waals surface area contributed by atoms with Crippen LogP contribution in [-0.4, -0.2) is 41.2 Å². The number of rotatable bonds is 9. The number of carboxylic acids is 1. The third kappa shape index (κ3) is 7.00. The number of thiophene rings is 1. The number of fused-ring (bicyclic) bond motifs is 1. The SMILES string of the molecule is COC(=O)c1c(NC(=O)C(C)Sc2ccc(NC(=O)C=C(C)C(=O)O)cc2)sc2c1CCC(c1ccccc1)C2. The molecule has 1 heterocycles. The fourth-order valence-corrected chi connectivity index (χ4v) is 6.71. The fourth-order valence-electron chi connectivity index (χ4n) is 4.53. The quantitative estimate of drug-likeness (QED) is 0.164. The van der Waals surface area contributed by atoms with E-state index in [0.717, 1.165) is 40.7 Å². The van der Waals surface area contributed by atoms with Crippen LogP contribution >= 0.6 is 23.1 Å². The van der Waals surface area contributed by atoms with Crippen molar-refractivity contribution in [2.24, 2.45) is 0 Å². The first-order valence-electron chi connectivity index (χ1n) is 12.7. The molecule has 3 aromatic rings. The second-order valence-electron chi connectivity index (χ2n) is 9.45. The summed E-state index contributed by atoms with van der Waals surface area (Å²) >= 11 is 2.79. The van der Waals surface area contributed by atoms with Crippen molar-refractivity contribution in [3.05, 3.63) is 87.8 Å². The number of amides is 2. The lowest BCUT2D eigenvalue weighted by Crippen LogP contribution is -2.23. The Morgan fingerprint density at radius 2 is 1.77 bits per heavy atom. The van der Waals surface area contributed by atoms with Gasteiger partial charge in [0.1, 0.15) is 5.00 Å². The van der Waals surface area contributed by atoms with Crippen LogP contribution in [0.4, 0.5) is 10.7 Å². The zero-order chi connectivity index (χ0) is 28.8. The van der Waals surface area contributed by atoms with Crippen molar-refractivity contribution in [1.29, 1.82) is 0 Å². The van der Waals surface area contributed by atoms with Gasteiger partial charge in [-0.2, -0.15) is 0 Å². The Morgan fingerprint density at radius 1 is 1.07 bits per heavy atom. The molecule has 8 nitrogen and oxygen atoms in total. The third-order valence-corrected chi connectivity index (χ3v) is 8.93. The van der Waals surface area contributed by atoms with Crippen LogP contribution in [0.25, 0.3) is 0 Å². The molecular weight excluding hydrogens is 548 g/mol. The van der Waals surface area contributed by atoms with Crippen LogP contribution in [0.5, 0.6) is 0 Å².